The van der Waals surface area contributed by atoms with Crippen LogP contribution in [0.1, 0.15) is 10.4 Å². The van der Waals surface area contributed by atoms with Crippen molar-refractivity contribution in [2.45, 2.75) is 12.1 Å². The fourth-order valence-electron chi connectivity index (χ4n) is 2.82. The van der Waals surface area contributed by atoms with Gasteiger partial charge in [-0.25, -0.2) is 4.98 Å². The van der Waals surface area contributed by atoms with Crippen molar-refractivity contribution in [2.75, 3.05) is 44.1 Å². The van der Waals surface area contributed by atoms with Gasteiger partial charge in [-0.05, 0) is 18.2 Å². The van der Waals surface area contributed by atoms with Gasteiger partial charge in [-0.1, -0.05) is 0 Å². The highest BCUT2D eigenvalue weighted by Crippen LogP contribution is 2.21. The Morgan fingerprint density at radius 2 is 2.16 bits per heavy atom. The van der Waals surface area contributed by atoms with Crippen LogP contribution in [0.5, 0.6) is 0 Å². The maximum absolute atomic E-state index is 12.4. The smallest absolute Gasteiger partial charge is 0.253 e. The quantitative estimate of drug-likeness (QED) is 0.850. The molecule has 2 aromatic rings. The first kappa shape index (κ1) is 17.1. The number of anilines is 2. The molecule has 2 atom stereocenters. The molecule has 0 radical (unpaired) electrons. The molecular formula is C17H22N6O2. The molecule has 8 heteroatoms. The third-order valence-corrected chi connectivity index (χ3v) is 4.16. The molecule has 0 aromatic carbocycles. The molecule has 2 aromatic heterocycles. The molecule has 1 fully saturated rings. The molecule has 8 nitrogen and oxygen atoms in total. The van der Waals surface area contributed by atoms with Crippen LogP contribution < -0.4 is 15.1 Å². The van der Waals surface area contributed by atoms with Crippen LogP contribution >= 0.6 is 0 Å². The maximum atomic E-state index is 12.4. The molecule has 0 aliphatic carbocycles. The second-order valence-electron chi connectivity index (χ2n) is 6.11. The summed E-state index contributed by atoms with van der Waals surface area (Å²) < 4.78 is 5.56. The molecule has 0 spiro atoms. The van der Waals surface area contributed by atoms with Crippen LogP contribution in [0.4, 0.5) is 11.8 Å². The topological polar surface area (TPSA) is 83.5 Å². The van der Waals surface area contributed by atoms with E-state index in [-0.39, 0.29) is 18.1 Å². The average Bonchev–Trinajstić information content (AvgIpc) is 3.05. The zero-order chi connectivity index (χ0) is 17.8. The summed E-state index contributed by atoms with van der Waals surface area (Å²) in [5, 5.41) is 3.03. The molecule has 0 unspecified atom stereocenters. The van der Waals surface area contributed by atoms with Gasteiger partial charge in [0, 0.05) is 52.9 Å². The van der Waals surface area contributed by atoms with Gasteiger partial charge in [0.05, 0.1) is 17.7 Å². The molecule has 25 heavy (non-hydrogen) atoms. The van der Waals surface area contributed by atoms with Crippen LogP contribution in [0.3, 0.4) is 0 Å². The van der Waals surface area contributed by atoms with E-state index >= 15 is 0 Å². The molecular weight excluding hydrogens is 320 g/mol. The van der Waals surface area contributed by atoms with E-state index < -0.39 is 0 Å². The van der Waals surface area contributed by atoms with Crippen molar-refractivity contribution in [3.8, 4) is 0 Å². The number of amides is 1. The zero-order valence-corrected chi connectivity index (χ0v) is 14.6. The Balaban J connectivity index is 1.72. The molecule has 1 aliphatic rings. The van der Waals surface area contributed by atoms with Gasteiger partial charge in [0.25, 0.3) is 5.91 Å². The van der Waals surface area contributed by atoms with Gasteiger partial charge in [0.1, 0.15) is 5.82 Å². The SMILES string of the molecule is CO[C@@H]1CN(c2ccnc(N(C)C)n2)C[C@@H]1NC(=O)c1cccnc1. The minimum atomic E-state index is -0.154. The van der Waals surface area contributed by atoms with Crippen LogP contribution in [0.2, 0.25) is 0 Å². The molecule has 3 rings (SSSR count). The second-order valence-corrected chi connectivity index (χ2v) is 6.11. The maximum Gasteiger partial charge on any atom is 0.253 e. The van der Waals surface area contributed by atoms with Gasteiger partial charge in [-0.15, -0.1) is 0 Å². The van der Waals surface area contributed by atoms with Crippen LogP contribution in [0, 0.1) is 0 Å². The number of ether oxygens (including phenoxy) is 1. The van der Waals surface area contributed by atoms with E-state index in [0.29, 0.717) is 24.6 Å². The van der Waals surface area contributed by atoms with E-state index in [1.165, 1.54) is 0 Å². The lowest BCUT2D eigenvalue weighted by atomic mass is 10.2. The molecule has 1 aliphatic heterocycles. The van der Waals surface area contributed by atoms with Crippen LogP contribution in [0.25, 0.3) is 0 Å². The monoisotopic (exact) mass is 342 g/mol. The summed E-state index contributed by atoms with van der Waals surface area (Å²) in [5.41, 5.74) is 0.535. The molecule has 0 bridgehead atoms. The number of pyridine rings is 1. The Kier molecular flexibility index (Phi) is 5.08. The van der Waals surface area contributed by atoms with Crippen molar-refractivity contribution in [3.63, 3.8) is 0 Å². The third kappa shape index (κ3) is 3.85. The molecule has 1 amide bonds. The van der Waals surface area contributed by atoms with Gasteiger partial charge in [0.15, 0.2) is 0 Å². The number of rotatable bonds is 5. The number of carbonyl (C=O) groups is 1. The molecule has 1 N–H and O–H groups in total. The molecule has 1 saturated heterocycles. The predicted molar refractivity (Wildman–Crippen MR) is 94.9 cm³/mol. The average molecular weight is 342 g/mol. The Bertz CT molecular complexity index is 724. The lowest BCUT2D eigenvalue weighted by Gasteiger charge is -2.19. The normalized spacial score (nSPS) is 19.7. The number of nitrogens with one attached hydrogen (secondary N) is 1. The van der Waals surface area contributed by atoms with Crippen LogP contribution in [0.15, 0.2) is 36.8 Å². The summed E-state index contributed by atoms with van der Waals surface area (Å²) in [5.74, 6) is 1.31. The van der Waals surface area contributed by atoms with Crippen molar-refractivity contribution >= 4 is 17.7 Å². The van der Waals surface area contributed by atoms with E-state index in [0.717, 1.165) is 5.82 Å². The van der Waals surface area contributed by atoms with Gasteiger partial charge >= 0.3 is 0 Å². The Morgan fingerprint density at radius 1 is 1.32 bits per heavy atom. The lowest BCUT2D eigenvalue weighted by molar-refractivity contribution is 0.0781. The summed E-state index contributed by atoms with van der Waals surface area (Å²) in [7, 11) is 5.46. The van der Waals surface area contributed by atoms with Crippen molar-refractivity contribution in [2.24, 2.45) is 0 Å². The van der Waals surface area contributed by atoms with E-state index in [4.69, 9.17) is 4.74 Å². The van der Waals surface area contributed by atoms with Crippen LogP contribution in [-0.4, -0.2) is 67.3 Å². The number of carbonyl (C=O) groups excluding carboxylic acids is 1. The Hall–Kier alpha value is -2.74. The second kappa shape index (κ2) is 7.43. The lowest BCUT2D eigenvalue weighted by Crippen LogP contribution is -2.43. The zero-order valence-electron chi connectivity index (χ0n) is 14.6. The number of aromatic nitrogens is 3. The summed E-state index contributed by atoms with van der Waals surface area (Å²) in [6.07, 6.45) is 4.82. The number of nitrogens with zero attached hydrogens (tertiary/aromatic N) is 5. The first-order valence-corrected chi connectivity index (χ1v) is 8.07. The third-order valence-electron chi connectivity index (χ3n) is 4.16. The first-order valence-electron chi connectivity index (χ1n) is 8.07. The number of hydrogen-bond acceptors (Lipinski definition) is 7. The van der Waals surface area contributed by atoms with Gasteiger partial charge in [-0.2, -0.15) is 4.98 Å². The van der Waals surface area contributed by atoms with Crippen molar-refractivity contribution in [1.29, 1.82) is 0 Å². The first-order chi connectivity index (χ1) is 12.1. The molecule has 132 valence electrons. The fraction of sp³-hybridized carbons (Fsp3) is 0.412. The van der Waals surface area contributed by atoms with Crippen LogP contribution in [-0.2, 0) is 4.74 Å². The largest absolute Gasteiger partial charge is 0.377 e. The molecule has 3 heterocycles. The van der Waals surface area contributed by atoms with Crippen molar-refractivity contribution < 1.29 is 9.53 Å². The highest BCUT2D eigenvalue weighted by molar-refractivity contribution is 5.94. The Morgan fingerprint density at radius 3 is 2.84 bits per heavy atom. The molecule has 0 saturated carbocycles. The van der Waals surface area contributed by atoms with E-state index in [1.54, 1.807) is 37.8 Å². The summed E-state index contributed by atoms with van der Waals surface area (Å²) in [4.78, 5) is 29.1. The van der Waals surface area contributed by atoms with Crippen molar-refractivity contribution in [3.05, 3.63) is 42.4 Å². The summed E-state index contributed by atoms with van der Waals surface area (Å²) >= 11 is 0. The Labute approximate surface area is 146 Å². The van der Waals surface area contributed by atoms with Crippen molar-refractivity contribution in [1.82, 2.24) is 20.3 Å². The van der Waals surface area contributed by atoms with E-state index in [9.17, 15) is 4.79 Å². The van der Waals surface area contributed by atoms with Gasteiger partial charge in [-0.3, -0.25) is 9.78 Å². The van der Waals surface area contributed by atoms with Gasteiger partial charge < -0.3 is 19.9 Å². The highest BCUT2D eigenvalue weighted by Gasteiger charge is 2.35. The number of methoxy groups -OCH3 is 1. The summed E-state index contributed by atoms with van der Waals surface area (Å²) in [6, 6.07) is 5.22. The number of hydrogen-bond donors (Lipinski definition) is 1. The minimum absolute atomic E-state index is 0.113. The van der Waals surface area contributed by atoms with E-state index in [2.05, 4.69) is 25.2 Å². The van der Waals surface area contributed by atoms with E-state index in [1.807, 2.05) is 25.1 Å². The standard InChI is InChI=1S/C17H22N6O2/c1-22(2)17-19-8-6-15(21-17)23-10-13(14(11-23)25-3)20-16(24)12-5-4-7-18-9-12/h4-9,13-14H,10-11H2,1-3H3,(H,20,24)/t13-,14+/m0/s1. The fourth-order valence-corrected chi connectivity index (χ4v) is 2.82. The predicted octanol–water partition coefficient (Wildman–Crippen LogP) is 0.571. The van der Waals surface area contributed by atoms with Gasteiger partial charge in [0.2, 0.25) is 5.95 Å². The minimum Gasteiger partial charge on any atom is -0.377 e. The highest BCUT2D eigenvalue weighted by atomic mass is 16.5. The summed E-state index contributed by atoms with van der Waals surface area (Å²) in [6.45, 7) is 1.27.